The molecule has 2 fully saturated rings. The number of thiophene rings is 1. The number of amides is 1. The highest BCUT2D eigenvalue weighted by molar-refractivity contribution is 7.10. The van der Waals surface area contributed by atoms with Crippen molar-refractivity contribution in [1.29, 1.82) is 0 Å². The van der Waals surface area contributed by atoms with Crippen LogP contribution in [0.25, 0.3) is 0 Å². The fourth-order valence-electron chi connectivity index (χ4n) is 6.27. The minimum Gasteiger partial charge on any atom is -0.380 e. The maximum Gasteiger partial charge on any atom is 0.254 e. The van der Waals surface area contributed by atoms with Crippen LogP contribution < -0.4 is 0 Å². The number of nitrogens with one attached hydrogen (secondary N) is 2. The van der Waals surface area contributed by atoms with E-state index in [0.29, 0.717) is 30.7 Å². The van der Waals surface area contributed by atoms with Crippen LogP contribution >= 0.6 is 11.3 Å². The zero-order chi connectivity index (χ0) is 28.1. The standard InChI is InChI=1S/C31H39N7O2S/c1-40-22-26-6-17-41-27(26)19-36-14-7-31(8-15-36)9-16-37(23-31)18-24-2-4-25(5-3-24)30(39)38(20-28-32-10-11-33-28)21-29-34-12-13-35-29/h2-6,10-13,17H,7-9,14-16,18-23H2,1H3,(H,32,33)(H,34,35). The van der Waals surface area contributed by atoms with E-state index in [1.807, 2.05) is 23.5 Å². The number of aromatic amines is 2. The second-order valence-electron chi connectivity index (χ2n) is 11.5. The van der Waals surface area contributed by atoms with E-state index in [2.05, 4.69) is 53.3 Å². The summed E-state index contributed by atoms with van der Waals surface area (Å²) in [5.41, 5.74) is 3.70. The molecule has 1 aromatic carbocycles. The monoisotopic (exact) mass is 573 g/mol. The predicted molar refractivity (Wildman–Crippen MR) is 159 cm³/mol. The Morgan fingerprint density at radius 2 is 1.61 bits per heavy atom. The third-order valence-corrected chi connectivity index (χ3v) is 9.57. The molecule has 216 valence electrons. The van der Waals surface area contributed by atoms with Crippen molar-refractivity contribution in [3.8, 4) is 0 Å². The highest BCUT2D eigenvalue weighted by Crippen LogP contribution is 2.41. The molecule has 0 unspecified atom stereocenters. The lowest BCUT2D eigenvalue weighted by Crippen LogP contribution is -2.41. The molecule has 5 heterocycles. The van der Waals surface area contributed by atoms with Crippen molar-refractivity contribution in [3.63, 3.8) is 0 Å². The lowest BCUT2D eigenvalue weighted by molar-refractivity contribution is 0.0721. The van der Waals surface area contributed by atoms with Gasteiger partial charge >= 0.3 is 0 Å². The van der Waals surface area contributed by atoms with Crippen LogP contribution in [0.5, 0.6) is 0 Å². The second-order valence-corrected chi connectivity index (χ2v) is 12.5. The largest absolute Gasteiger partial charge is 0.380 e. The fraction of sp³-hybridized carbons (Fsp3) is 0.452. The van der Waals surface area contributed by atoms with E-state index < -0.39 is 0 Å². The lowest BCUT2D eigenvalue weighted by atomic mass is 9.78. The van der Waals surface area contributed by atoms with Gasteiger partial charge < -0.3 is 19.6 Å². The Hall–Kier alpha value is -3.31. The van der Waals surface area contributed by atoms with Crippen molar-refractivity contribution in [1.82, 2.24) is 34.6 Å². The number of H-pyrrole nitrogens is 2. The van der Waals surface area contributed by atoms with Crippen LogP contribution in [0.1, 0.15) is 57.3 Å². The molecule has 0 atom stereocenters. The number of nitrogens with zero attached hydrogens (tertiary/aromatic N) is 5. The third-order valence-electron chi connectivity index (χ3n) is 8.62. The van der Waals surface area contributed by atoms with E-state index >= 15 is 0 Å². The zero-order valence-electron chi connectivity index (χ0n) is 23.7. The van der Waals surface area contributed by atoms with Crippen LogP contribution in [0.2, 0.25) is 0 Å². The lowest BCUT2D eigenvalue weighted by Gasteiger charge is -2.39. The number of rotatable bonds is 11. The molecule has 0 aliphatic carbocycles. The summed E-state index contributed by atoms with van der Waals surface area (Å²) < 4.78 is 5.38. The first-order valence-electron chi connectivity index (χ1n) is 14.4. The number of likely N-dealkylation sites (tertiary alicyclic amines) is 2. The van der Waals surface area contributed by atoms with Gasteiger partial charge in [-0.3, -0.25) is 14.6 Å². The zero-order valence-corrected chi connectivity index (χ0v) is 24.5. The maximum absolute atomic E-state index is 13.5. The van der Waals surface area contributed by atoms with Crippen LogP contribution in [0, 0.1) is 5.41 Å². The first kappa shape index (κ1) is 27.8. The van der Waals surface area contributed by atoms with Gasteiger partial charge in [0.25, 0.3) is 5.91 Å². The smallest absolute Gasteiger partial charge is 0.254 e. The van der Waals surface area contributed by atoms with Gasteiger partial charge in [-0.1, -0.05) is 12.1 Å². The molecule has 2 saturated heterocycles. The Morgan fingerprint density at radius 1 is 0.951 bits per heavy atom. The van der Waals surface area contributed by atoms with E-state index in [4.69, 9.17) is 4.74 Å². The molecule has 0 saturated carbocycles. The van der Waals surface area contributed by atoms with Gasteiger partial charge in [-0.15, -0.1) is 11.3 Å². The molecule has 9 nitrogen and oxygen atoms in total. The summed E-state index contributed by atoms with van der Waals surface area (Å²) in [5, 5.41) is 2.18. The van der Waals surface area contributed by atoms with Gasteiger partial charge in [-0.05, 0) is 79.0 Å². The summed E-state index contributed by atoms with van der Waals surface area (Å²) in [5.74, 6) is 1.46. The molecular formula is C31H39N7O2S. The minimum absolute atomic E-state index is 0.0341. The highest BCUT2D eigenvalue weighted by atomic mass is 32.1. The van der Waals surface area contributed by atoms with Gasteiger partial charge in [0.15, 0.2) is 0 Å². The average molecular weight is 574 g/mol. The van der Waals surface area contributed by atoms with Gasteiger partial charge in [0.05, 0.1) is 19.7 Å². The molecule has 2 N–H and O–H groups in total. The van der Waals surface area contributed by atoms with Crippen molar-refractivity contribution in [2.24, 2.45) is 5.41 Å². The Balaban J connectivity index is 1.02. The van der Waals surface area contributed by atoms with Gasteiger partial charge in [0.1, 0.15) is 11.6 Å². The number of methoxy groups -OCH3 is 1. The molecule has 0 bridgehead atoms. The molecule has 41 heavy (non-hydrogen) atoms. The van der Waals surface area contributed by atoms with E-state index in [0.717, 1.165) is 37.8 Å². The van der Waals surface area contributed by atoms with Crippen molar-refractivity contribution in [2.45, 2.75) is 52.0 Å². The van der Waals surface area contributed by atoms with Crippen LogP contribution in [0.3, 0.4) is 0 Å². The number of benzene rings is 1. The summed E-state index contributed by atoms with van der Waals surface area (Å²) in [6, 6.07) is 10.3. The quantitative estimate of drug-likeness (QED) is 0.271. The van der Waals surface area contributed by atoms with Crippen molar-refractivity contribution in [3.05, 3.63) is 93.7 Å². The number of carbonyl (C=O) groups excluding carboxylic acids is 1. The summed E-state index contributed by atoms with van der Waals surface area (Å²) in [6.45, 7) is 8.10. The number of hydrogen-bond acceptors (Lipinski definition) is 7. The number of imidazole rings is 2. The molecule has 0 radical (unpaired) electrons. The number of aromatic nitrogens is 4. The number of carbonyl (C=O) groups is 1. The molecule has 3 aromatic heterocycles. The molecule has 2 aliphatic heterocycles. The van der Waals surface area contributed by atoms with Crippen LogP contribution in [0.4, 0.5) is 0 Å². The van der Waals surface area contributed by atoms with Gasteiger partial charge in [0.2, 0.25) is 0 Å². The van der Waals surface area contributed by atoms with Gasteiger partial charge in [-0.2, -0.15) is 0 Å². The SMILES string of the molecule is COCc1ccsc1CN1CCC2(CC1)CCN(Cc1ccc(C(=O)N(Cc3ncc[nH]3)Cc3ncc[nH]3)cc1)C2. The van der Waals surface area contributed by atoms with Crippen molar-refractivity contribution < 1.29 is 9.53 Å². The number of hydrogen-bond donors (Lipinski definition) is 2. The summed E-state index contributed by atoms with van der Waals surface area (Å²) in [7, 11) is 1.77. The van der Waals surface area contributed by atoms with Crippen LogP contribution in [0.15, 0.2) is 60.5 Å². The Morgan fingerprint density at radius 3 is 2.22 bits per heavy atom. The minimum atomic E-state index is -0.0341. The predicted octanol–water partition coefficient (Wildman–Crippen LogP) is 4.67. The fourth-order valence-corrected chi connectivity index (χ4v) is 7.20. The van der Waals surface area contributed by atoms with Gasteiger partial charge in [-0.25, -0.2) is 9.97 Å². The summed E-state index contributed by atoms with van der Waals surface area (Å²) in [6.07, 6.45) is 10.8. The topological polar surface area (TPSA) is 93.4 Å². The molecule has 6 rings (SSSR count). The van der Waals surface area contributed by atoms with Crippen molar-refractivity contribution in [2.75, 3.05) is 33.3 Å². The summed E-state index contributed by atoms with van der Waals surface area (Å²) in [4.78, 5) is 36.7. The molecule has 10 heteroatoms. The van der Waals surface area contributed by atoms with Crippen molar-refractivity contribution >= 4 is 17.2 Å². The Kier molecular flexibility index (Phi) is 8.62. The second kappa shape index (κ2) is 12.7. The Bertz CT molecular complexity index is 1340. The molecule has 4 aromatic rings. The molecule has 1 amide bonds. The van der Waals surface area contributed by atoms with Gasteiger partial charge in [0, 0.05) is 62.0 Å². The van der Waals surface area contributed by atoms with Crippen LogP contribution in [-0.4, -0.2) is 73.8 Å². The molecule has 1 spiro atoms. The van der Waals surface area contributed by atoms with E-state index in [1.165, 1.54) is 48.4 Å². The number of piperidine rings is 1. The van der Waals surface area contributed by atoms with E-state index in [1.54, 1.807) is 36.8 Å². The first-order chi connectivity index (χ1) is 20.1. The van der Waals surface area contributed by atoms with E-state index in [9.17, 15) is 4.79 Å². The average Bonchev–Trinajstić information content (AvgIpc) is 3.81. The summed E-state index contributed by atoms with van der Waals surface area (Å²) >= 11 is 1.85. The normalized spacial score (nSPS) is 17.4. The number of ether oxygens (including phenoxy) is 1. The third kappa shape index (κ3) is 6.78. The highest BCUT2D eigenvalue weighted by Gasteiger charge is 2.40. The molecular weight excluding hydrogens is 534 g/mol. The Labute approximate surface area is 245 Å². The molecule has 2 aliphatic rings. The van der Waals surface area contributed by atoms with Crippen LogP contribution in [-0.2, 0) is 37.5 Å². The van der Waals surface area contributed by atoms with E-state index in [-0.39, 0.29) is 5.91 Å². The maximum atomic E-state index is 13.5. The first-order valence-corrected chi connectivity index (χ1v) is 15.3.